The van der Waals surface area contributed by atoms with Gasteiger partial charge in [0.15, 0.2) is 8.32 Å². The summed E-state index contributed by atoms with van der Waals surface area (Å²) in [6, 6.07) is 19.9. The fraction of sp³-hybridized carbons (Fsp3) is 0.407. The van der Waals surface area contributed by atoms with E-state index < -0.39 is 14.4 Å². The Balaban J connectivity index is 1.92. The summed E-state index contributed by atoms with van der Waals surface area (Å²) in [6.45, 7) is 12.3. The molecular formula is C27H38O2Si. The SMILES string of the molecule is CC(C)(C)[Si](C)(C)OCCCC/C=C/C=C(\c1ccccc1)C(O)c1ccccc1. The van der Waals surface area contributed by atoms with Gasteiger partial charge in [0, 0.05) is 6.61 Å². The van der Waals surface area contributed by atoms with Gasteiger partial charge < -0.3 is 9.53 Å². The monoisotopic (exact) mass is 422 g/mol. The minimum atomic E-state index is -1.63. The van der Waals surface area contributed by atoms with Gasteiger partial charge in [-0.2, -0.15) is 0 Å². The second-order valence-electron chi connectivity index (χ2n) is 9.33. The third-order valence-electron chi connectivity index (χ3n) is 5.96. The highest BCUT2D eigenvalue weighted by molar-refractivity contribution is 6.74. The second-order valence-corrected chi connectivity index (χ2v) is 14.1. The first-order valence-electron chi connectivity index (χ1n) is 11.0. The zero-order valence-electron chi connectivity index (χ0n) is 19.3. The Labute approximate surface area is 184 Å². The molecule has 0 saturated carbocycles. The molecule has 30 heavy (non-hydrogen) atoms. The molecule has 2 nitrogen and oxygen atoms in total. The lowest BCUT2D eigenvalue weighted by Gasteiger charge is -2.36. The van der Waals surface area contributed by atoms with Crippen molar-refractivity contribution in [2.24, 2.45) is 0 Å². The van der Waals surface area contributed by atoms with E-state index in [4.69, 9.17) is 4.43 Å². The Morgan fingerprint density at radius 3 is 2.17 bits per heavy atom. The predicted octanol–water partition coefficient (Wildman–Crippen LogP) is 7.55. The van der Waals surface area contributed by atoms with E-state index in [1.54, 1.807) is 0 Å². The Morgan fingerprint density at radius 2 is 1.57 bits per heavy atom. The van der Waals surface area contributed by atoms with E-state index in [1.807, 2.05) is 66.7 Å². The van der Waals surface area contributed by atoms with E-state index in [0.717, 1.165) is 42.6 Å². The largest absolute Gasteiger partial charge is 0.417 e. The van der Waals surface area contributed by atoms with Crippen LogP contribution in [0.15, 0.2) is 78.9 Å². The third-order valence-corrected chi connectivity index (χ3v) is 10.5. The molecule has 1 unspecified atom stereocenters. The minimum Gasteiger partial charge on any atom is -0.417 e. The van der Waals surface area contributed by atoms with Crippen LogP contribution in [0.4, 0.5) is 0 Å². The van der Waals surface area contributed by atoms with Crippen molar-refractivity contribution in [3.8, 4) is 0 Å². The fourth-order valence-electron chi connectivity index (χ4n) is 2.97. The van der Waals surface area contributed by atoms with Crippen molar-refractivity contribution in [2.75, 3.05) is 6.61 Å². The number of aliphatic hydroxyl groups is 1. The maximum atomic E-state index is 10.9. The topological polar surface area (TPSA) is 29.5 Å². The molecule has 0 bridgehead atoms. The summed E-state index contributed by atoms with van der Waals surface area (Å²) in [4.78, 5) is 0. The number of hydrogen-bond acceptors (Lipinski definition) is 2. The molecule has 0 aliphatic carbocycles. The van der Waals surface area contributed by atoms with Crippen molar-refractivity contribution in [3.05, 3.63) is 90.0 Å². The smallest absolute Gasteiger partial charge is 0.191 e. The quantitative estimate of drug-likeness (QED) is 0.243. The molecular weight excluding hydrogens is 384 g/mol. The number of benzene rings is 2. The lowest BCUT2D eigenvalue weighted by Crippen LogP contribution is -2.40. The zero-order valence-corrected chi connectivity index (χ0v) is 20.3. The van der Waals surface area contributed by atoms with Gasteiger partial charge in [-0.1, -0.05) is 99.7 Å². The maximum absolute atomic E-state index is 10.9. The Hall–Kier alpha value is -1.94. The van der Waals surface area contributed by atoms with E-state index in [-0.39, 0.29) is 5.04 Å². The highest BCUT2D eigenvalue weighted by Gasteiger charge is 2.36. The Bertz CT molecular complexity index is 802. The van der Waals surface area contributed by atoms with Crippen molar-refractivity contribution >= 4 is 13.9 Å². The number of allylic oxidation sites excluding steroid dienone is 3. The number of rotatable bonds is 10. The molecule has 3 heteroatoms. The van der Waals surface area contributed by atoms with Crippen LogP contribution in [0.3, 0.4) is 0 Å². The van der Waals surface area contributed by atoms with Crippen molar-refractivity contribution < 1.29 is 9.53 Å². The second kappa shape index (κ2) is 11.4. The summed E-state index contributed by atoms with van der Waals surface area (Å²) in [6.07, 6.45) is 8.87. The summed E-state index contributed by atoms with van der Waals surface area (Å²) in [5.41, 5.74) is 2.87. The van der Waals surface area contributed by atoms with E-state index in [0.29, 0.717) is 0 Å². The van der Waals surface area contributed by atoms with Gasteiger partial charge in [-0.3, -0.25) is 0 Å². The van der Waals surface area contributed by atoms with Gasteiger partial charge in [0.25, 0.3) is 0 Å². The van der Waals surface area contributed by atoms with Crippen molar-refractivity contribution in [3.63, 3.8) is 0 Å². The first kappa shape index (κ1) is 24.3. The van der Waals surface area contributed by atoms with Crippen LogP contribution in [0, 0.1) is 0 Å². The molecule has 0 aliphatic heterocycles. The lowest BCUT2D eigenvalue weighted by atomic mass is 9.95. The molecule has 2 aromatic rings. The van der Waals surface area contributed by atoms with Crippen molar-refractivity contribution in [1.82, 2.24) is 0 Å². The Morgan fingerprint density at radius 1 is 0.967 bits per heavy atom. The lowest BCUT2D eigenvalue weighted by molar-refractivity contribution is 0.238. The number of unbranched alkanes of at least 4 members (excludes halogenated alkanes) is 2. The van der Waals surface area contributed by atoms with Crippen LogP contribution in [0.1, 0.15) is 57.3 Å². The zero-order chi connectivity index (χ0) is 22.0. The summed E-state index contributed by atoms with van der Waals surface area (Å²) in [5, 5.41) is 11.2. The molecule has 1 atom stereocenters. The van der Waals surface area contributed by atoms with Gasteiger partial charge in [0.2, 0.25) is 0 Å². The van der Waals surface area contributed by atoms with Gasteiger partial charge in [-0.05, 0) is 54.1 Å². The van der Waals surface area contributed by atoms with Crippen LogP contribution in [0.5, 0.6) is 0 Å². The molecule has 2 rings (SSSR count). The standard InChI is InChI=1S/C27H38O2Si/c1-27(2,3)30(4,5)29-22-16-8-6-7-15-21-25(23-17-11-9-12-18-23)26(28)24-19-13-10-14-20-24/h7,9-15,17-21,26,28H,6,8,16,22H2,1-5H3/b15-7+,25-21+. The van der Waals surface area contributed by atoms with Gasteiger partial charge in [-0.25, -0.2) is 0 Å². The fourth-order valence-corrected chi connectivity index (χ4v) is 4.05. The highest BCUT2D eigenvalue weighted by Crippen LogP contribution is 2.36. The summed E-state index contributed by atoms with van der Waals surface area (Å²) in [7, 11) is -1.63. The van der Waals surface area contributed by atoms with Crippen LogP contribution < -0.4 is 0 Å². The molecule has 0 spiro atoms. The summed E-state index contributed by atoms with van der Waals surface area (Å²) < 4.78 is 6.25. The molecule has 0 fully saturated rings. The van der Waals surface area contributed by atoms with Crippen molar-refractivity contribution in [2.45, 2.75) is 64.3 Å². The number of hydrogen-bond donors (Lipinski definition) is 1. The van der Waals surface area contributed by atoms with E-state index in [2.05, 4.69) is 46.0 Å². The van der Waals surface area contributed by atoms with E-state index in [9.17, 15) is 5.11 Å². The first-order valence-corrected chi connectivity index (χ1v) is 13.9. The third kappa shape index (κ3) is 7.39. The van der Waals surface area contributed by atoms with Crippen LogP contribution >= 0.6 is 0 Å². The Kier molecular flexibility index (Phi) is 9.28. The van der Waals surface area contributed by atoms with Crippen LogP contribution in [0.2, 0.25) is 18.1 Å². The molecule has 0 aliphatic rings. The van der Waals surface area contributed by atoms with Gasteiger partial charge in [0.05, 0.1) is 0 Å². The first-order chi connectivity index (χ1) is 14.2. The number of aliphatic hydroxyl groups excluding tert-OH is 1. The molecule has 2 aromatic carbocycles. The maximum Gasteiger partial charge on any atom is 0.191 e. The van der Waals surface area contributed by atoms with E-state index >= 15 is 0 Å². The molecule has 0 amide bonds. The van der Waals surface area contributed by atoms with Gasteiger partial charge >= 0.3 is 0 Å². The van der Waals surface area contributed by atoms with Gasteiger partial charge in [0.1, 0.15) is 6.10 Å². The predicted molar refractivity (Wildman–Crippen MR) is 132 cm³/mol. The highest BCUT2D eigenvalue weighted by atomic mass is 28.4. The van der Waals surface area contributed by atoms with E-state index in [1.165, 1.54) is 0 Å². The molecule has 162 valence electrons. The molecule has 0 saturated heterocycles. The minimum absolute atomic E-state index is 0.269. The molecule has 1 N–H and O–H groups in total. The summed E-state index contributed by atoms with van der Waals surface area (Å²) >= 11 is 0. The normalized spacial score (nSPS) is 14.3. The van der Waals surface area contributed by atoms with Gasteiger partial charge in [-0.15, -0.1) is 0 Å². The average molecular weight is 423 g/mol. The summed E-state index contributed by atoms with van der Waals surface area (Å²) in [5.74, 6) is 0. The molecule has 0 heterocycles. The van der Waals surface area contributed by atoms with Crippen LogP contribution in [0.25, 0.3) is 5.57 Å². The molecule has 0 radical (unpaired) electrons. The van der Waals surface area contributed by atoms with Crippen LogP contribution in [-0.2, 0) is 4.43 Å². The average Bonchev–Trinajstić information content (AvgIpc) is 2.72. The van der Waals surface area contributed by atoms with Crippen LogP contribution in [-0.4, -0.2) is 20.0 Å². The van der Waals surface area contributed by atoms with Crippen molar-refractivity contribution in [1.29, 1.82) is 0 Å². The molecule has 0 aromatic heterocycles.